The van der Waals surface area contributed by atoms with Gasteiger partial charge in [-0.2, -0.15) is 4.81 Å². The van der Waals surface area contributed by atoms with Crippen LogP contribution in [-0.2, 0) is 25.3 Å². The number of nitrogens with zero attached hydrogens (tertiary/aromatic N) is 2. The molecule has 3 unspecified atom stereocenters. The molecule has 1 aliphatic heterocycles. The van der Waals surface area contributed by atoms with Gasteiger partial charge in [-0.3, -0.25) is 0 Å². The molecule has 0 aromatic heterocycles. The largest absolute Gasteiger partial charge is 0.597 e. The number of hydroxylamine groups is 4. The maximum Gasteiger partial charge on any atom is 0.419 e. The van der Waals surface area contributed by atoms with Gasteiger partial charge in [-0.15, -0.1) is 0 Å². The second-order valence-corrected chi connectivity index (χ2v) is 16.9. The van der Waals surface area contributed by atoms with E-state index in [4.69, 9.17) is 14.3 Å². The molecule has 1 aliphatic rings. The number of hydrogen-bond acceptors (Lipinski definition) is 7. The summed E-state index contributed by atoms with van der Waals surface area (Å²) in [5.74, 6) is -1.20. The number of unbranched alkanes of at least 4 members (excludes halogenated alkanes) is 1. The summed E-state index contributed by atoms with van der Waals surface area (Å²) in [5, 5.41) is 24.9. The molecule has 1 fully saturated rings. The third-order valence-electron chi connectivity index (χ3n) is 7.58. The number of rotatable bonds is 11. The van der Waals surface area contributed by atoms with E-state index < -0.39 is 47.6 Å². The SMILES string of the molecule is CCO[N+]1([O-])CCP(Cc2cc(Br)ccc2-c2ccccc2)CC1(CCCCN(C(=O)OC(C)(C)C)C(=O)OC(C)(C)C)C(=O)O. The minimum absolute atomic E-state index is 0.0190. The molecular weight excluding hydrogens is 675 g/mol. The van der Waals surface area contributed by atoms with Crippen molar-refractivity contribution in [1.82, 2.24) is 4.90 Å². The number of carbonyl (C=O) groups is 3. The quantitative estimate of drug-likeness (QED) is 0.106. The number of benzene rings is 2. The fraction of sp³-hybridized carbons (Fsp3) is 0.559. The molecule has 0 radical (unpaired) electrons. The van der Waals surface area contributed by atoms with Crippen LogP contribution >= 0.6 is 23.9 Å². The van der Waals surface area contributed by atoms with Crippen LogP contribution in [0, 0.1) is 5.21 Å². The van der Waals surface area contributed by atoms with Crippen molar-refractivity contribution < 1.29 is 38.6 Å². The molecule has 0 aliphatic carbocycles. The Hall–Kier alpha value is -2.56. The Morgan fingerprint density at radius 3 is 2.15 bits per heavy atom. The number of ether oxygens (including phenoxy) is 2. The molecule has 0 saturated carbocycles. The highest BCUT2D eigenvalue weighted by atomic mass is 79.9. The lowest BCUT2D eigenvalue weighted by Crippen LogP contribution is -2.69. The number of carboxylic acids is 1. The van der Waals surface area contributed by atoms with Gasteiger partial charge in [-0.05, 0) is 96.3 Å². The highest BCUT2D eigenvalue weighted by Crippen LogP contribution is 2.53. The van der Waals surface area contributed by atoms with Gasteiger partial charge in [0.2, 0.25) is 5.54 Å². The van der Waals surface area contributed by atoms with Crippen molar-refractivity contribution in [2.24, 2.45) is 0 Å². The number of aliphatic carboxylic acids is 1. The van der Waals surface area contributed by atoms with E-state index in [1.807, 2.05) is 24.3 Å². The summed E-state index contributed by atoms with van der Waals surface area (Å²) in [7, 11) is -0.898. The van der Waals surface area contributed by atoms with E-state index in [2.05, 4.69) is 40.2 Å². The molecule has 2 amide bonds. The van der Waals surface area contributed by atoms with Gasteiger partial charge in [-0.1, -0.05) is 60.2 Å². The fourth-order valence-corrected chi connectivity index (χ4v) is 8.93. The normalized spacial score (nSPS) is 21.8. The number of carboxylic acid groups (broad SMARTS) is 1. The van der Waals surface area contributed by atoms with Crippen LogP contribution in [0.5, 0.6) is 0 Å². The van der Waals surface area contributed by atoms with E-state index in [0.717, 1.165) is 26.1 Å². The summed E-state index contributed by atoms with van der Waals surface area (Å²) >= 11 is 3.59. The molecule has 1 heterocycles. The first kappa shape index (κ1) is 37.9. The van der Waals surface area contributed by atoms with Crippen LogP contribution in [0.4, 0.5) is 9.59 Å². The summed E-state index contributed by atoms with van der Waals surface area (Å²) < 4.78 is 11.8. The molecule has 1 saturated heterocycles. The van der Waals surface area contributed by atoms with E-state index in [-0.39, 0.29) is 45.1 Å². The average Bonchev–Trinajstić information content (AvgIpc) is 2.93. The van der Waals surface area contributed by atoms with Gasteiger partial charge < -0.3 is 19.8 Å². The van der Waals surface area contributed by atoms with Crippen LogP contribution in [0.3, 0.4) is 0 Å². The topological polar surface area (TPSA) is 125 Å². The zero-order chi connectivity index (χ0) is 34.3. The number of hydrogen-bond donors (Lipinski definition) is 1. The standard InChI is InChI=1S/C34H48BrN2O8P/c1-8-43-37(42)20-21-46(23-26-22-27(35)16-17-28(26)25-14-10-9-11-15-25)24-34(37,29(38)39)18-12-13-19-36(30(40)44-32(2,3)4)31(41)45-33(5,6)7/h9-11,14-17,22H,8,12-13,18-21,23-24H2,1-7H3,(H,38,39). The summed E-state index contributed by atoms with van der Waals surface area (Å²) in [4.78, 5) is 44.3. The molecule has 2 aromatic rings. The van der Waals surface area contributed by atoms with Gasteiger partial charge >= 0.3 is 18.2 Å². The second-order valence-electron chi connectivity index (χ2n) is 13.6. The highest BCUT2D eigenvalue weighted by Gasteiger charge is 2.58. The number of carbonyl (C=O) groups excluding carboxylic acids is 2. The van der Waals surface area contributed by atoms with E-state index >= 15 is 0 Å². The third-order valence-corrected chi connectivity index (χ3v) is 10.7. The Kier molecular flexibility index (Phi) is 12.8. The molecule has 1 N–H and O–H groups in total. The van der Waals surface area contributed by atoms with Crippen molar-refractivity contribution in [3.63, 3.8) is 0 Å². The van der Waals surface area contributed by atoms with Crippen molar-refractivity contribution in [3.05, 3.63) is 63.8 Å². The van der Waals surface area contributed by atoms with Crippen LogP contribution in [0.25, 0.3) is 11.1 Å². The first-order valence-corrected chi connectivity index (χ1v) is 18.4. The van der Waals surface area contributed by atoms with Gasteiger partial charge in [0, 0.05) is 29.8 Å². The summed E-state index contributed by atoms with van der Waals surface area (Å²) in [6.07, 6.45) is 0.255. The van der Waals surface area contributed by atoms with Crippen LogP contribution < -0.4 is 0 Å². The molecule has 46 heavy (non-hydrogen) atoms. The van der Waals surface area contributed by atoms with Crippen LogP contribution in [0.15, 0.2) is 53.0 Å². The van der Waals surface area contributed by atoms with Gasteiger partial charge in [0.1, 0.15) is 24.4 Å². The molecule has 10 nitrogen and oxygen atoms in total. The monoisotopic (exact) mass is 722 g/mol. The first-order valence-electron chi connectivity index (χ1n) is 15.7. The molecule has 0 spiro atoms. The van der Waals surface area contributed by atoms with E-state index in [0.29, 0.717) is 12.3 Å². The molecule has 12 heteroatoms. The van der Waals surface area contributed by atoms with Crippen molar-refractivity contribution in [1.29, 1.82) is 0 Å². The van der Waals surface area contributed by atoms with E-state index in [9.17, 15) is 24.7 Å². The van der Waals surface area contributed by atoms with E-state index in [1.54, 1.807) is 48.5 Å². The minimum Gasteiger partial charge on any atom is -0.597 e. The average molecular weight is 724 g/mol. The van der Waals surface area contributed by atoms with Crippen molar-refractivity contribution >= 4 is 42.0 Å². The first-order chi connectivity index (χ1) is 21.4. The van der Waals surface area contributed by atoms with Crippen molar-refractivity contribution in [2.75, 3.05) is 32.0 Å². The van der Waals surface area contributed by atoms with Crippen LogP contribution in [-0.4, -0.2) is 81.7 Å². The molecular formula is C34H48BrN2O8P. The number of imide groups is 1. The summed E-state index contributed by atoms with van der Waals surface area (Å²) in [6, 6.07) is 16.2. The van der Waals surface area contributed by atoms with Gasteiger partial charge in [0.05, 0.1) is 0 Å². The third kappa shape index (κ3) is 9.97. The smallest absolute Gasteiger partial charge is 0.419 e. The number of quaternary nitrogens is 1. The summed E-state index contributed by atoms with van der Waals surface area (Å²) in [5.41, 5.74) is -0.162. The predicted octanol–water partition coefficient (Wildman–Crippen LogP) is 8.54. The van der Waals surface area contributed by atoms with Crippen molar-refractivity contribution in [2.45, 2.75) is 90.6 Å². The zero-order valence-corrected chi connectivity index (χ0v) is 30.5. The summed E-state index contributed by atoms with van der Waals surface area (Å²) in [6.45, 7) is 11.9. The Morgan fingerprint density at radius 2 is 1.61 bits per heavy atom. The van der Waals surface area contributed by atoms with Gasteiger partial charge in [-0.25, -0.2) is 24.1 Å². The Labute approximate surface area is 282 Å². The highest BCUT2D eigenvalue weighted by molar-refractivity contribution is 9.10. The van der Waals surface area contributed by atoms with E-state index in [1.165, 1.54) is 0 Å². The van der Waals surface area contributed by atoms with Crippen LogP contribution in [0.1, 0.15) is 73.3 Å². The van der Waals surface area contributed by atoms with Crippen LogP contribution in [0.2, 0.25) is 0 Å². The lowest BCUT2D eigenvalue weighted by Gasteiger charge is -2.55. The minimum atomic E-state index is -1.73. The lowest BCUT2D eigenvalue weighted by atomic mass is 9.93. The molecule has 2 aromatic carbocycles. The van der Waals surface area contributed by atoms with Crippen molar-refractivity contribution in [3.8, 4) is 11.1 Å². The molecule has 254 valence electrons. The predicted molar refractivity (Wildman–Crippen MR) is 183 cm³/mol. The van der Waals surface area contributed by atoms with Gasteiger partial charge in [0.15, 0.2) is 0 Å². The molecule has 3 atom stereocenters. The van der Waals surface area contributed by atoms with Gasteiger partial charge in [0.25, 0.3) is 0 Å². The maximum atomic E-state index is 14.2. The number of amides is 2. The fourth-order valence-electron chi connectivity index (χ4n) is 5.56. The molecule has 3 rings (SSSR count). The maximum absolute atomic E-state index is 14.2. The molecule has 0 bridgehead atoms. The Morgan fingerprint density at radius 1 is 1.00 bits per heavy atom. The zero-order valence-electron chi connectivity index (χ0n) is 28.0. The Bertz CT molecular complexity index is 1340. The lowest BCUT2D eigenvalue weighted by molar-refractivity contribution is -1.10. The Balaban J connectivity index is 1.84. The number of halogens is 1. The second kappa shape index (κ2) is 15.6.